The van der Waals surface area contributed by atoms with E-state index in [4.69, 9.17) is 18.0 Å². The first-order valence-corrected chi connectivity index (χ1v) is 9.35. The molecular weight excluding hydrogens is 278 g/mol. The molecule has 2 N–H and O–H groups in total. The number of piperazine rings is 1. The van der Waals surface area contributed by atoms with Crippen molar-refractivity contribution in [3.8, 4) is 0 Å². The van der Waals surface area contributed by atoms with Crippen LogP contribution in [0.15, 0.2) is 0 Å². The zero-order chi connectivity index (χ0) is 15.2. The molecular formula is C17H33N3S. The molecule has 0 spiro atoms. The quantitative estimate of drug-likeness (QED) is 0.764. The molecule has 4 heteroatoms. The number of hydrogen-bond donors (Lipinski definition) is 1. The van der Waals surface area contributed by atoms with Crippen LogP contribution in [0.1, 0.15) is 58.8 Å². The zero-order valence-corrected chi connectivity index (χ0v) is 14.7. The molecule has 21 heavy (non-hydrogen) atoms. The van der Waals surface area contributed by atoms with Crippen LogP contribution in [-0.2, 0) is 0 Å². The number of nitrogens with two attached hydrogens (primary N) is 1. The van der Waals surface area contributed by atoms with Gasteiger partial charge in [0.05, 0.1) is 11.0 Å². The van der Waals surface area contributed by atoms with Crippen LogP contribution in [0.25, 0.3) is 0 Å². The minimum absolute atomic E-state index is 0.320. The predicted molar refractivity (Wildman–Crippen MR) is 94.7 cm³/mol. The molecule has 1 saturated heterocycles. The number of thiocarbonyl (C=S) groups is 1. The Morgan fingerprint density at radius 2 is 1.81 bits per heavy atom. The molecule has 2 aliphatic rings. The third-order valence-corrected chi connectivity index (χ3v) is 5.81. The van der Waals surface area contributed by atoms with Crippen molar-refractivity contribution in [3.63, 3.8) is 0 Å². The molecule has 0 amide bonds. The van der Waals surface area contributed by atoms with Gasteiger partial charge in [-0.25, -0.2) is 0 Å². The first kappa shape index (κ1) is 17.2. The lowest BCUT2D eigenvalue weighted by Crippen LogP contribution is -2.57. The van der Waals surface area contributed by atoms with Gasteiger partial charge in [0.25, 0.3) is 0 Å². The SMILES string of the molecule is CCCC(C(N)=S)N1CCN(C2CCCCC2CC)CC1. The summed E-state index contributed by atoms with van der Waals surface area (Å²) in [6, 6.07) is 1.15. The minimum Gasteiger partial charge on any atom is -0.392 e. The van der Waals surface area contributed by atoms with Crippen LogP contribution in [0.2, 0.25) is 0 Å². The fourth-order valence-electron chi connectivity index (χ4n) is 4.30. The van der Waals surface area contributed by atoms with E-state index in [0.29, 0.717) is 11.0 Å². The van der Waals surface area contributed by atoms with Gasteiger partial charge in [-0.15, -0.1) is 0 Å². The van der Waals surface area contributed by atoms with Crippen LogP contribution in [0, 0.1) is 5.92 Å². The van der Waals surface area contributed by atoms with E-state index in [-0.39, 0.29) is 0 Å². The molecule has 0 bridgehead atoms. The third-order valence-electron chi connectivity index (χ3n) is 5.54. The Morgan fingerprint density at radius 3 is 2.38 bits per heavy atom. The van der Waals surface area contributed by atoms with E-state index in [9.17, 15) is 0 Å². The highest BCUT2D eigenvalue weighted by molar-refractivity contribution is 7.80. The molecule has 2 rings (SSSR count). The highest BCUT2D eigenvalue weighted by Crippen LogP contribution is 2.31. The Labute approximate surface area is 136 Å². The molecule has 1 heterocycles. The van der Waals surface area contributed by atoms with Crippen molar-refractivity contribution in [2.45, 2.75) is 70.9 Å². The smallest absolute Gasteiger partial charge is 0.0902 e. The zero-order valence-electron chi connectivity index (χ0n) is 13.9. The summed E-state index contributed by atoms with van der Waals surface area (Å²) in [5.41, 5.74) is 5.95. The highest BCUT2D eigenvalue weighted by Gasteiger charge is 2.32. The maximum Gasteiger partial charge on any atom is 0.0902 e. The molecule has 1 aliphatic heterocycles. The number of rotatable bonds is 6. The average Bonchev–Trinajstić information content (AvgIpc) is 2.52. The molecule has 2 fully saturated rings. The average molecular weight is 312 g/mol. The standard InChI is InChI=1S/C17H33N3S/c1-3-7-16(17(18)21)20-12-10-19(11-13-20)15-9-6-5-8-14(15)4-2/h14-16H,3-13H2,1-2H3,(H2,18,21). The second-order valence-electron chi connectivity index (χ2n) is 6.80. The summed E-state index contributed by atoms with van der Waals surface area (Å²) >= 11 is 5.28. The summed E-state index contributed by atoms with van der Waals surface area (Å²) in [4.78, 5) is 5.97. The maximum atomic E-state index is 5.95. The van der Waals surface area contributed by atoms with E-state index in [1.807, 2.05) is 0 Å². The first-order valence-electron chi connectivity index (χ1n) is 8.94. The molecule has 1 aliphatic carbocycles. The van der Waals surface area contributed by atoms with Crippen LogP contribution in [0.3, 0.4) is 0 Å². The lowest BCUT2D eigenvalue weighted by molar-refractivity contribution is 0.0410. The lowest BCUT2D eigenvalue weighted by Gasteiger charge is -2.45. The van der Waals surface area contributed by atoms with E-state index >= 15 is 0 Å². The van der Waals surface area contributed by atoms with E-state index in [1.165, 1.54) is 45.2 Å². The Morgan fingerprint density at radius 1 is 1.14 bits per heavy atom. The van der Waals surface area contributed by atoms with E-state index in [2.05, 4.69) is 23.6 Å². The maximum absolute atomic E-state index is 5.95. The summed E-state index contributed by atoms with van der Waals surface area (Å²) < 4.78 is 0. The van der Waals surface area contributed by atoms with Gasteiger partial charge >= 0.3 is 0 Å². The van der Waals surface area contributed by atoms with Crippen LogP contribution in [0.4, 0.5) is 0 Å². The third kappa shape index (κ3) is 4.40. The predicted octanol–water partition coefficient (Wildman–Crippen LogP) is 3.03. The molecule has 3 nitrogen and oxygen atoms in total. The van der Waals surface area contributed by atoms with Crippen LogP contribution >= 0.6 is 12.2 Å². The molecule has 3 unspecified atom stereocenters. The van der Waals surface area contributed by atoms with Crippen molar-refractivity contribution < 1.29 is 0 Å². The van der Waals surface area contributed by atoms with Gasteiger partial charge in [0, 0.05) is 32.2 Å². The summed E-state index contributed by atoms with van der Waals surface area (Å²) in [6.07, 6.45) is 9.32. The van der Waals surface area contributed by atoms with Crippen LogP contribution in [-0.4, -0.2) is 53.1 Å². The fraction of sp³-hybridized carbons (Fsp3) is 0.941. The van der Waals surface area contributed by atoms with Gasteiger partial charge in [0.15, 0.2) is 0 Å². The van der Waals surface area contributed by atoms with Gasteiger partial charge in [-0.1, -0.05) is 51.7 Å². The van der Waals surface area contributed by atoms with Crippen molar-refractivity contribution in [2.24, 2.45) is 11.7 Å². The van der Waals surface area contributed by atoms with Gasteiger partial charge in [-0.05, 0) is 25.2 Å². The van der Waals surface area contributed by atoms with E-state index in [1.54, 1.807) is 0 Å². The van der Waals surface area contributed by atoms with Crippen molar-refractivity contribution in [2.75, 3.05) is 26.2 Å². The number of nitrogens with zero attached hydrogens (tertiary/aromatic N) is 2. The molecule has 3 atom stereocenters. The summed E-state index contributed by atoms with van der Waals surface area (Å²) in [5.74, 6) is 0.923. The second-order valence-corrected chi connectivity index (χ2v) is 7.27. The van der Waals surface area contributed by atoms with Crippen LogP contribution < -0.4 is 5.73 Å². The summed E-state index contributed by atoms with van der Waals surface area (Å²) in [6.45, 7) is 9.25. The fourth-order valence-corrected chi connectivity index (χ4v) is 4.57. The van der Waals surface area contributed by atoms with E-state index in [0.717, 1.165) is 37.9 Å². The van der Waals surface area contributed by atoms with Gasteiger partial charge in [0.2, 0.25) is 0 Å². The lowest BCUT2D eigenvalue weighted by atomic mass is 9.81. The Hall–Kier alpha value is -0.190. The Kier molecular flexibility index (Phi) is 6.90. The summed E-state index contributed by atoms with van der Waals surface area (Å²) in [5, 5.41) is 0. The molecule has 1 saturated carbocycles. The minimum atomic E-state index is 0.320. The molecule has 0 aromatic rings. The Balaban J connectivity index is 1.88. The van der Waals surface area contributed by atoms with Crippen molar-refractivity contribution >= 4 is 17.2 Å². The number of hydrogen-bond acceptors (Lipinski definition) is 3. The summed E-state index contributed by atoms with van der Waals surface area (Å²) in [7, 11) is 0. The molecule has 0 aromatic carbocycles. The topological polar surface area (TPSA) is 32.5 Å². The van der Waals surface area contributed by atoms with Gasteiger partial charge in [-0.3, -0.25) is 9.80 Å². The van der Waals surface area contributed by atoms with Crippen LogP contribution in [0.5, 0.6) is 0 Å². The largest absolute Gasteiger partial charge is 0.392 e. The molecule has 0 radical (unpaired) electrons. The molecule has 0 aromatic heterocycles. The van der Waals surface area contributed by atoms with Crippen molar-refractivity contribution in [3.05, 3.63) is 0 Å². The second kappa shape index (κ2) is 8.44. The van der Waals surface area contributed by atoms with Gasteiger partial charge in [-0.2, -0.15) is 0 Å². The van der Waals surface area contributed by atoms with Crippen molar-refractivity contribution in [1.29, 1.82) is 0 Å². The monoisotopic (exact) mass is 311 g/mol. The van der Waals surface area contributed by atoms with E-state index < -0.39 is 0 Å². The normalized spacial score (nSPS) is 30.2. The Bertz CT molecular complexity index is 326. The highest BCUT2D eigenvalue weighted by atomic mass is 32.1. The van der Waals surface area contributed by atoms with Gasteiger partial charge < -0.3 is 5.73 Å². The van der Waals surface area contributed by atoms with Crippen molar-refractivity contribution in [1.82, 2.24) is 9.80 Å². The van der Waals surface area contributed by atoms with Gasteiger partial charge in [0.1, 0.15) is 0 Å². The molecule has 122 valence electrons. The first-order chi connectivity index (χ1) is 10.2.